The molecule has 19 rings (SSSR count). The van der Waals surface area contributed by atoms with Gasteiger partial charge in [-0.2, -0.15) is 0 Å². The van der Waals surface area contributed by atoms with Gasteiger partial charge in [0, 0.05) is 128 Å². The van der Waals surface area contributed by atoms with Crippen LogP contribution in [0, 0.1) is 5.82 Å². The molecule has 6 amide bonds. The first-order chi connectivity index (χ1) is 54.6. The Morgan fingerprint density at radius 2 is 0.775 bits per heavy atom. The first-order valence-corrected chi connectivity index (χ1v) is 38.2. The molecule has 9 aliphatic rings. The monoisotopic (exact) mass is 1480 g/mol. The Kier molecular flexibility index (Phi) is 19.8. The van der Waals surface area contributed by atoms with Gasteiger partial charge in [0.25, 0.3) is 17.7 Å². The number of morpholine rings is 1. The molecule has 10 aromatic rings. The van der Waals surface area contributed by atoms with E-state index in [9.17, 15) is 28.8 Å². The number of piperazine rings is 1. The number of hydrogen-bond donors (Lipinski definition) is 3. The summed E-state index contributed by atoms with van der Waals surface area (Å²) in [5, 5.41) is 13.2. The first-order valence-electron chi connectivity index (χ1n) is 39.7. The van der Waals surface area contributed by atoms with Crippen molar-refractivity contribution >= 4 is 84.8 Å². The van der Waals surface area contributed by atoms with Crippen molar-refractivity contribution in [3.8, 4) is 0 Å². The van der Waals surface area contributed by atoms with Gasteiger partial charge in [-0.05, 0) is 178 Å². The number of amides is 6. The Morgan fingerprint density at radius 3 is 1.18 bits per heavy atom. The molecule has 0 bridgehead atoms. The third kappa shape index (κ3) is 14.7. The SMILES string of the molecule is C.[2H]C1(N2C(=O)c3cccc4c(Cc5ccc(CN6CCN(C)CC6)cc5)ccc2c34)CCC(=C)NC1=O.[2H]C1(N2C(=O)c3cccc4c(Cc5ccc(CN6CCOCC6)cc5F)ccc2c34)CCC(=C)NC1=O.[2H]C1(N2C(=O)c3cccc4c(Cc5ccc(CN6Cc7ccccc7C6)cc5)ccc2c34)CCC(=C)NC1=O. The molecule has 564 valence electrons. The van der Waals surface area contributed by atoms with Crippen LogP contribution >= 0.6 is 0 Å². The number of halogens is 1. The summed E-state index contributed by atoms with van der Waals surface area (Å²) in [5.41, 5.74) is 17.6. The van der Waals surface area contributed by atoms with Gasteiger partial charge >= 0.3 is 0 Å². The standard InChI is InChI=1S/C33H29N3O2.C30H32N4O2.C29H28FN3O3.CH4/c1-21-9-15-30(32(37)34-21)36-29-16-14-24(27-7-4-8-28(31(27)29)33(36)38)17-22-10-12-23(13-11-22)18-35-19-25-5-2-3-6-26(25)20-35;1-20-6-12-27(29(35)31-20)34-26-13-11-23(24-4-3-5-25(28(24)26)30(34)36)18-21-7-9-22(10-8-21)19-33-16-14-32(2)15-17-33;1-18-5-9-26(28(34)31-18)33-25-10-8-20(22-3-2-4-23(27(22)25)29(33)35)16-21-7-6-19(15-24(21)30)17-32-11-13-36-14-12-32;/h2-8,10-14,16,30H,1,9,15,17-20H2,(H,34,37);3-5,7-11,13,27H,1,6,12,14-19H2,2H3,(H,31,35);2-4,6-8,10,15,26H,1,5,9,11-14,16-17H2,(H,31,34);1H4/i30D;27D;26D;. The van der Waals surface area contributed by atoms with Crippen molar-refractivity contribution in [1.29, 1.82) is 0 Å². The smallest absolute Gasteiger partial charge is 0.259 e. The van der Waals surface area contributed by atoms with E-state index in [1.165, 1.54) is 48.1 Å². The molecule has 9 aliphatic heterocycles. The molecule has 0 spiro atoms. The zero-order valence-electron chi connectivity index (χ0n) is 64.9. The maximum Gasteiger partial charge on any atom is 0.259 e. The zero-order valence-corrected chi connectivity index (χ0v) is 61.9. The normalized spacial score (nSPS) is 22.2. The lowest BCUT2D eigenvalue weighted by Crippen LogP contribution is -2.51. The molecule has 5 fully saturated rings. The highest BCUT2D eigenvalue weighted by atomic mass is 19.1. The van der Waals surface area contributed by atoms with E-state index in [-0.39, 0.29) is 50.2 Å². The second-order valence-corrected chi connectivity index (χ2v) is 30.3. The van der Waals surface area contributed by atoms with Gasteiger partial charge in [0.15, 0.2) is 0 Å². The molecule has 9 heterocycles. The number of fused-ring (bicyclic) bond motifs is 1. The Labute approximate surface area is 651 Å². The summed E-state index contributed by atoms with van der Waals surface area (Å²) >= 11 is 0. The fraction of sp³-hybridized carbons (Fsp3) is 0.290. The van der Waals surface area contributed by atoms with Crippen LogP contribution in [0.25, 0.3) is 32.3 Å². The van der Waals surface area contributed by atoms with Gasteiger partial charge in [0.2, 0.25) is 17.7 Å². The van der Waals surface area contributed by atoms with Gasteiger partial charge in [-0.25, -0.2) is 4.39 Å². The van der Waals surface area contributed by atoms with Gasteiger partial charge in [0.05, 0.1) is 34.4 Å². The number of ether oxygens (including phenoxy) is 1. The number of piperidine rings is 3. The predicted octanol–water partition coefficient (Wildman–Crippen LogP) is 14.4. The molecule has 17 nitrogen and oxygen atoms in total. The maximum atomic E-state index is 15.2. The van der Waals surface area contributed by atoms with E-state index in [1.807, 2.05) is 72.8 Å². The van der Waals surface area contributed by atoms with Crippen LogP contribution < -0.4 is 30.7 Å². The molecular weight excluding hydrogens is 1390 g/mol. The highest BCUT2D eigenvalue weighted by Crippen LogP contribution is 2.46. The quantitative estimate of drug-likeness (QED) is 0.0892. The van der Waals surface area contributed by atoms with Gasteiger partial charge in [-0.15, -0.1) is 0 Å². The van der Waals surface area contributed by atoms with Crippen LogP contribution in [-0.2, 0) is 71.1 Å². The lowest BCUT2D eigenvalue weighted by Gasteiger charge is -2.32. The fourth-order valence-electron chi connectivity index (χ4n) is 17.1. The van der Waals surface area contributed by atoms with Crippen LogP contribution in [0.1, 0.15) is 142 Å². The average Bonchev–Trinajstić information content (AvgIpc) is 1.57. The second-order valence-electron chi connectivity index (χ2n) is 30.3. The van der Waals surface area contributed by atoms with Crippen LogP contribution in [0.4, 0.5) is 21.5 Å². The molecule has 111 heavy (non-hydrogen) atoms. The van der Waals surface area contributed by atoms with E-state index < -0.39 is 35.8 Å². The van der Waals surface area contributed by atoms with Gasteiger partial charge in [-0.3, -0.25) is 58.2 Å². The van der Waals surface area contributed by atoms with Crippen molar-refractivity contribution in [3.05, 3.63) is 303 Å². The van der Waals surface area contributed by atoms with Crippen LogP contribution in [0.3, 0.4) is 0 Å². The molecular formula is C93H93FN10O7. The van der Waals surface area contributed by atoms with Gasteiger partial charge in [-0.1, -0.05) is 167 Å². The van der Waals surface area contributed by atoms with Crippen LogP contribution in [0.2, 0.25) is 0 Å². The number of allylic oxidation sites excluding steroid dienone is 3. The van der Waals surface area contributed by atoms with E-state index in [4.69, 9.17) is 8.85 Å². The number of benzene rings is 10. The third-order valence-electron chi connectivity index (χ3n) is 23.0. The number of carbonyl (C=O) groups excluding carboxylic acids is 6. The van der Waals surface area contributed by atoms with E-state index in [1.54, 1.807) is 36.4 Å². The van der Waals surface area contributed by atoms with Crippen molar-refractivity contribution in [2.24, 2.45) is 0 Å². The van der Waals surface area contributed by atoms with Crippen molar-refractivity contribution in [2.75, 3.05) is 74.2 Å². The molecule has 3 unspecified atom stereocenters. The lowest BCUT2D eigenvalue weighted by atomic mass is 9.95. The fourth-order valence-corrected chi connectivity index (χ4v) is 17.1. The molecule has 3 atom stereocenters. The van der Waals surface area contributed by atoms with Gasteiger partial charge < -0.3 is 25.6 Å². The molecule has 3 N–H and O–H groups in total. The summed E-state index contributed by atoms with van der Waals surface area (Å²) < 4.78 is 47.5. The van der Waals surface area contributed by atoms with Crippen molar-refractivity contribution in [2.45, 2.75) is 116 Å². The summed E-state index contributed by atoms with van der Waals surface area (Å²) in [6.07, 6.45) is 3.83. The minimum atomic E-state index is -1.76. The molecule has 5 saturated heterocycles. The highest BCUT2D eigenvalue weighted by Gasteiger charge is 2.44. The van der Waals surface area contributed by atoms with E-state index >= 15 is 4.39 Å². The number of anilines is 3. The minimum absolute atomic E-state index is 0. The number of carbonyl (C=O) groups is 6. The van der Waals surface area contributed by atoms with E-state index in [0.717, 1.165) is 127 Å². The number of likely N-dealkylation sites (N-methyl/N-ethyl adjacent to an activating group) is 1. The largest absolute Gasteiger partial charge is 0.379 e. The van der Waals surface area contributed by atoms with E-state index in [0.29, 0.717) is 107 Å². The summed E-state index contributed by atoms with van der Waals surface area (Å²) in [6.45, 7) is 23.5. The molecule has 0 radical (unpaired) electrons. The molecule has 10 aromatic carbocycles. The molecule has 18 heteroatoms. The van der Waals surface area contributed by atoms with Crippen molar-refractivity contribution in [3.63, 3.8) is 0 Å². The molecule has 0 aliphatic carbocycles. The summed E-state index contributed by atoms with van der Waals surface area (Å²) in [4.78, 5) is 92.7. The third-order valence-corrected chi connectivity index (χ3v) is 23.0. The number of rotatable bonds is 15. The van der Waals surface area contributed by atoms with Crippen LogP contribution in [0.15, 0.2) is 219 Å². The summed E-state index contributed by atoms with van der Waals surface area (Å²) in [5.74, 6) is -2.76. The molecule has 0 saturated carbocycles. The number of hydrogen-bond acceptors (Lipinski definition) is 11. The zero-order chi connectivity index (χ0) is 78.2. The van der Waals surface area contributed by atoms with Crippen molar-refractivity contribution < 1.29 is 42.0 Å². The van der Waals surface area contributed by atoms with Crippen LogP contribution in [-0.4, -0.2) is 133 Å². The molecule has 0 aromatic heterocycles. The minimum Gasteiger partial charge on any atom is -0.379 e. The highest BCUT2D eigenvalue weighted by molar-refractivity contribution is 6.29. The topological polar surface area (TPSA) is 170 Å². The van der Waals surface area contributed by atoms with Crippen LogP contribution in [0.5, 0.6) is 0 Å². The second kappa shape index (κ2) is 31.3. The Morgan fingerprint density at radius 1 is 0.414 bits per heavy atom. The summed E-state index contributed by atoms with van der Waals surface area (Å²) in [6, 6.07) is 55.0. The Balaban J connectivity index is 0.000000128. The maximum absolute atomic E-state index is 15.2. The Bertz CT molecular complexity index is 5600. The first kappa shape index (κ1) is 70.2. The number of nitrogens with one attached hydrogen (secondary N) is 3. The van der Waals surface area contributed by atoms with E-state index in [2.05, 4.69) is 135 Å². The van der Waals surface area contributed by atoms with Gasteiger partial charge in [0.1, 0.15) is 23.9 Å². The lowest BCUT2D eigenvalue weighted by molar-refractivity contribution is -0.123. The number of nitrogens with zero attached hydrogens (tertiary/aromatic N) is 7. The average molecular weight is 1480 g/mol. The summed E-state index contributed by atoms with van der Waals surface area (Å²) in [7, 11) is 2.18. The Hall–Kier alpha value is -11.3. The van der Waals surface area contributed by atoms with Crippen molar-refractivity contribution in [1.82, 2.24) is 35.6 Å². The predicted molar refractivity (Wildman–Crippen MR) is 436 cm³/mol.